The van der Waals surface area contributed by atoms with Gasteiger partial charge in [-0.05, 0) is 38.2 Å². The summed E-state index contributed by atoms with van der Waals surface area (Å²) in [6, 6.07) is 10.5. The van der Waals surface area contributed by atoms with Crippen LogP contribution in [0.1, 0.15) is 44.6 Å². The van der Waals surface area contributed by atoms with Gasteiger partial charge in [0.1, 0.15) is 0 Å². The second-order valence-corrected chi connectivity index (χ2v) is 5.76. The van der Waals surface area contributed by atoms with E-state index in [-0.39, 0.29) is 24.4 Å². The molecule has 0 aromatic heterocycles. The molecule has 0 saturated heterocycles. The summed E-state index contributed by atoms with van der Waals surface area (Å²) in [7, 11) is 0. The van der Waals surface area contributed by atoms with Crippen molar-refractivity contribution >= 4 is 18.3 Å². The third-order valence-corrected chi connectivity index (χ3v) is 4.03. The van der Waals surface area contributed by atoms with Crippen LogP contribution in [0.2, 0.25) is 0 Å². The minimum Gasteiger partial charge on any atom is -0.352 e. The van der Waals surface area contributed by atoms with E-state index in [9.17, 15) is 4.79 Å². The highest BCUT2D eigenvalue weighted by atomic mass is 35.5. The van der Waals surface area contributed by atoms with Crippen LogP contribution >= 0.6 is 12.4 Å². The highest BCUT2D eigenvalue weighted by molar-refractivity contribution is 5.86. The molecule has 1 aliphatic carbocycles. The lowest BCUT2D eigenvalue weighted by atomic mass is 9.97. The molecule has 1 aromatic carbocycles. The Labute approximate surface area is 127 Å². The van der Waals surface area contributed by atoms with Crippen LogP contribution in [0, 0.1) is 0 Å². The number of halogens is 1. The summed E-state index contributed by atoms with van der Waals surface area (Å²) in [5.41, 5.74) is 6.85. The van der Waals surface area contributed by atoms with Crippen molar-refractivity contribution in [2.24, 2.45) is 5.73 Å². The van der Waals surface area contributed by atoms with Crippen molar-refractivity contribution in [1.82, 2.24) is 5.32 Å². The van der Waals surface area contributed by atoms with Crippen LogP contribution in [0.25, 0.3) is 0 Å². The molecule has 2 rings (SSSR count). The predicted molar refractivity (Wildman–Crippen MR) is 85.0 cm³/mol. The Morgan fingerprint density at radius 1 is 1.30 bits per heavy atom. The monoisotopic (exact) mass is 296 g/mol. The lowest BCUT2D eigenvalue weighted by Crippen LogP contribution is -2.54. The Balaban J connectivity index is 0.00000200. The van der Waals surface area contributed by atoms with Crippen molar-refractivity contribution in [3.05, 3.63) is 35.9 Å². The van der Waals surface area contributed by atoms with E-state index in [2.05, 4.69) is 24.4 Å². The molecule has 1 aliphatic rings. The highest BCUT2D eigenvalue weighted by Crippen LogP contribution is 2.27. The molecule has 0 aliphatic heterocycles. The Kier molecular flexibility index (Phi) is 6.50. The zero-order valence-corrected chi connectivity index (χ0v) is 12.9. The Morgan fingerprint density at radius 3 is 2.50 bits per heavy atom. The van der Waals surface area contributed by atoms with E-state index in [1.165, 1.54) is 5.56 Å². The topological polar surface area (TPSA) is 55.1 Å². The van der Waals surface area contributed by atoms with Crippen molar-refractivity contribution in [2.75, 3.05) is 0 Å². The number of hydrogen-bond acceptors (Lipinski definition) is 2. The standard InChI is InChI=1S/C16H24N2O.ClH/c1-13(9-10-14-7-3-2-4-8-14)18-15(19)16(17)11-5-6-12-16;/h2-4,7-8,13H,5-6,9-12,17H2,1H3,(H,18,19);1H. The van der Waals surface area contributed by atoms with Gasteiger partial charge in [-0.15, -0.1) is 12.4 Å². The van der Waals surface area contributed by atoms with E-state index < -0.39 is 5.54 Å². The molecule has 112 valence electrons. The number of benzene rings is 1. The summed E-state index contributed by atoms with van der Waals surface area (Å²) in [4.78, 5) is 12.2. The van der Waals surface area contributed by atoms with Crippen molar-refractivity contribution in [1.29, 1.82) is 0 Å². The highest BCUT2D eigenvalue weighted by Gasteiger charge is 2.37. The molecular weight excluding hydrogens is 272 g/mol. The number of rotatable bonds is 5. The van der Waals surface area contributed by atoms with Gasteiger partial charge in [0.15, 0.2) is 0 Å². The molecule has 1 atom stereocenters. The fourth-order valence-electron chi connectivity index (χ4n) is 2.70. The predicted octanol–water partition coefficient (Wildman–Crippen LogP) is 2.82. The SMILES string of the molecule is CC(CCc1ccccc1)NC(=O)C1(N)CCCC1.Cl. The number of carbonyl (C=O) groups excluding carboxylic acids is 1. The first kappa shape index (κ1) is 17.0. The molecule has 1 aromatic rings. The molecule has 1 saturated carbocycles. The summed E-state index contributed by atoms with van der Waals surface area (Å²) >= 11 is 0. The van der Waals surface area contributed by atoms with Gasteiger partial charge in [-0.2, -0.15) is 0 Å². The summed E-state index contributed by atoms with van der Waals surface area (Å²) in [5.74, 6) is 0.0329. The second kappa shape index (κ2) is 7.65. The molecule has 3 nitrogen and oxygen atoms in total. The fourth-order valence-corrected chi connectivity index (χ4v) is 2.70. The average Bonchev–Trinajstić information content (AvgIpc) is 2.86. The number of amides is 1. The fraction of sp³-hybridized carbons (Fsp3) is 0.562. The van der Waals surface area contributed by atoms with Gasteiger partial charge >= 0.3 is 0 Å². The van der Waals surface area contributed by atoms with Crippen molar-refractivity contribution in [2.45, 2.75) is 57.0 Å². The molecule has 20 heavy (non-hydrogen) atoms. The smallest absolute Gasteiger partial charge is 0.240 e. The quantitative estimate of drug-likeness (QED) is 0.878. The first-order valence-electron chi connectivity index (χ1n) is 7.24. The van der Waals surface area contributed by atoms with Crippen LogP contribution in [0.15, 0.2) is 30.3 Å². The lowest BCUT2D eigenvalue weighted by molar-refractivity contribution is -0.126. The van der Waals surface area contributed by atoms with Gasteiger partial charge in [0.25, 0.3) is 0 Å². The normalized spacial score (nSPS) is 18.1. The number of aryl methyl sites for hydroxylation is 1. The van der Waals surface area contributed by atoms with Gasteiger partial charge in [0, 0.05) is 6.04 Å². The summed E-state index contributed by atoms with van der Waals surface area (Å²) < 4.78 is 0. The summed E-state index contributed by atoms with van der Waals surface area (Å²) in [6.07, 6.45) is 5.73. The minimum atomic E-state index is -0.610. The van der Waals surface area contributed by atoms with Crippen LogP contribution in [-0.2, 0) is 11.2 Å². The Morgan fingerprint density at radius 2 is 1.90 bits per heavy atom. The van der Waals surface area contributed by atoms with Gasteiger partial charge in [-0.3, -0.25) is 4.79 Å². The Hall–Kier alpha value is -1.06. The Bertz CT molecular complexity index is 416. The van der Waals surface area contributed by atoms with E-state index in [0.717, 1.165) is 38.5 Å². The van der Waals surface area contributed by atoms with Crippen LogP contribution < -0.4 is 11.1 Å². The molecule has 0 heterocycles. The van der Waals surface area contributed by atoms with Crippen molar-refractivity contribution in [3.8, 4) is 0 Å². The maximum absolute atomic E-state index is 12.2. The third kappa shape index (κ3) is 4.50. The van der Waals surface area contributed by atoms with Crippen molar-refractivity contribution < 1.29 is 4.79 Å². The molecule has 1 amide bonds. The van der Waals surface area contributed by atoms with E-state index in [1.807, 2.05) is 18.2 Å². The number of nitrogens with one attached hydrogen (secondary N) is 1. The zero-order valence-electron chi connectivity index (χ0n) is 12.1. The van der Waals surface area contributed by atoms with E-state index in [4.69, 9.17) is 5.73 Å². The van der Waals surface area contributed by atoms with Gasteiger partial charge in [0.05, 0.1) is 5.54 Å². The molecule has 0 radical (unpaired) electrons. The van der Waals surface area contributed by atoms with Gasteiger partial charge in [0.2, 0.25) is 5.91 Å². The van der Waals surface area contributed by atoms with Gasteiger partial charge in [-0.1, -0.05) is 43.2 Å². The summed E-state index contributed by atoms with van der Waals surface area (Å²) in [5, 5.41) is 3.07. The van der Waals surface area contributed by atoms with Gasteiger partial charge in [-0.25, -0.2) is 0 Å². The van der Waals surface area contributed by atoms with Crippen LogP contribution in [-0.4, -0.2) is 17.5 Å². The lowest BCUT2D eigenvalue weighted by Gasteiger charge is -2.25. The van der Waals surface area contributed by atoms with Crippen LogP contribution in [0.5, 0.6) is 0 Å². The molecule has 0 bridgehead atoms. The first-order valence-corrected chi connectivity index (χ1v) is 7.24. The van der Waals surface area contributed by atoms with Gasteiger partial charge < -0.3 is 11.1 Å². The summed E-state index contributed by atoms with van der Waals surface area (Å²) in [6.45, 7) is 2.05. The molecular formula is C16H25ClN2O. The number of carbonyl (C=O) groups is 1. The van der Waals surface area contributed by atoms with E-state index >= 15 is 0 Å². The maximum Gasteiger partial charge on any atom is 0.240 e. The molecule has 3 N–H and O–H groups in total. The zero-order chi connectivity index (χ0) is 13.7. The average molecular weight is 297 g/mol. The first-order chi connectivity index (χ1) is 9.10. The number of hydrogen-bond donors (Lipinski definition) is 2. The molecule has 1 unspecified atom stereocenters. The van der Waals surface area contributed by atoms with Crippen LogP contribution in [0.4, 0.5) is 0 Å². The molecule has 4 heteroatoms. The number of nitrogens with two attached hydrogens (primary N) is 1. The largest absolute Gasteiger partial charge is 0.352 e. The van der Waals surface area contributed by atoms with E-state index in [1.54, 1.807) is 0 Å². The van der Waals surface area contributed by atoms with Crippen molar-refractivity contribution in [3.63, 3.8) is 0 Å². The molecule has 1 fully saturated rings. The van der Waals surface area contributed by atoms with E-state index in [0.29, 0.717) is 0 Å². The maximum atomic E-state index is 12.2. The molecule has 0 spiro atoms. The van der Waals surface area contributed by atoms with Crippen LogP contribution in [0.3, 0.4) is 0 Å². The third-order valence-electron chi connectivity index (χ3n) is 4.03. The second-order valence-electron chi connectivity index (χ2n) is 5.76. The minimum absolute atomic E-state index is 0.